The van der Waals surface area contributed by atoms with Crippen LogP contribution in [0.5, 0.6) is 0 Å². The molecule has 0 radical (unpaired) electrons. The summed E-state index contributed by atoms with van der Waals surface area (Å²) < 4.78 is 1.52. The Morgan fingerprint density at radius 1 is 1.50 bits per heavy atom. The van der Waals surface area contributed by atoms with Crippen LogP contribution in [0.2, 0.25) is 5.02 Å². The lowest BCUT2D eigenvalue weighted by molar-refractivity contribution is 0.0942. The summed E-state index contributed by atoms with van der Waals surface area (Å²) in [5.74, 6) is -0.239. The zero-order valence-electron chi connectivity index (χ0n) is 11.5. The number of amides is 1. The molecule has 1 aromatic heterocycles. The van der Waals surface area contributed by atoms with Crippen molar-refractivity contribution >= 4 is 23.2 Å². The first-order chi connectivity index (χ1) is 9.52. The maximum absolute atomic E-state index is 12.2. The highest BCUT2D eigenvalue weighted by molar-refractivity contribution is 6.30. The molecule has 0 bridgehead atoms. The van der Waals surface area contributed by atoms with Crippen molar-refractivity contribution in [3.05, 3.63) is 46.2 Å². The summed E-state index contributed by atoms with van der Waals surface area (Å²) in [5.41, 5.74) is 8.45. The molecular formula is C14H17ClN4O. The van der Waals surface area contributed by atoms with E-state index in [9.17, 15) is 4.79 Å². The van der Waals surface area contributed by atoms with Gasteiger partial charge in [-0.05, 0) is 24.1 Å². The van der Waals surface area contributed by atoms with E-state index in [0.717, 1.165) is 11.3 Å². The van der Waals surface area contributed by atoms with Gasteiger partial charge in [0, 0.05) is 18.6 Å². The predicted octanol–water partition coefficient (Wildman–Crippen LogP) is 2.15. The number of hydrogen-bond donors (Lipinski definition) is 2. The van der Waals surface area contributed by atoms with Gasteiger partial charge in [0.25, 0.3) is 5.91 Å². The van der Waals surface area contributed by atoms with E-state index in [-0.39, 0.29) is 5.91 Å². The second kappa shape index (κ2) is 5.96. The van der Waals surface area contributed by atoms with Crippen molar-refractivity contribution in [3.63, 3.8) is 0 Å². The number of anilines is 1. The van der Waals surface area contributed by atoms with Crippen LogP contribution in [-0.4, -0.2) is 15.7 Å². The van der Waals surface area contributed by atoms with Crippen LogP contribution in [0.4, 0.5) is 5.69 Å². The van der Waals surface area contributed by atoms with E-state index in [4.69, 9.17) is 17.3 Å². The van der Waals surface area contributed by atoms with Gasteiger partial charge >= 0.3 is 0 Å². The Morgan fingerprint density at radius 3 is 2.85 bits per heavy atom. The van der Waals surface area contributed by atoms with Crippen LogP contribution in [0.25, 0.3) is 0 Å². The lowest BCUT2D eigenvalue weighted by Crippen LogP contribution is -2.26. The van der Waals surface area contributed by atoms with E-state index in [1.165, 1.54) is 4.68 Å². The van der Waals surface area contributed by atoms with E-state index in [2.05, 4.69) is 10.4 Å². The fraction of sp³-hybridized carbons (Fsp3) is 0.286. The number of aryl methyl sites for hydroxylation is 2. The van der Waals surface area contributed by atoms with E-state index >= 15 is 0 Å². The first-order valence-corrected chi connectivity index (χ1v) is 6.74. The SMILES string of the molecule is CCc1nn(C)c(C(=O)NCc2cccc(Cl)c2)c1N. The van der Waals surface area contributed by atoms with E-state index in [1.807, 2.05) is 25.1 Å². The van der Waals surface area contributed by atoms with Gasteiger partial charge in [-0.1, -0.05) is 30.7 Å². The fourth-order valence-corrected chi connectivity index (χ4v) is 2.25. The molecule has 0 unspecified atom stereocenters. The Balaban J connectivity index is 2.11. The van der Waals surface area contributed by atoms with E-state index in [1.54, 1.807) is 13.1 Å². The number of carbonyl (C=O) groups is 1. The molecule has 1 amide bonds. The summed E-state index contributed by atoms with van der Waals surface area (Å²) in [7, 11) is 1.71. The molecule has 1 heterocycles. The van der Waals surface area contributed by atoms with Gasteiger partial charge in [-0.2, -0.15) is 5.10 Å². The smallest absolute Gasteiger partial charge is 0.271 e. The molecule has 0 saturated carbocycles. The fourth-order valence-electron chi connectivity index (χ4n) is 2.04. The van der Waals surface area contributed by atoms with Crippen LogP contribution in [-0.2, 0) is 20.0 Å². The first-order valence-electron chi connectivity index (χ1n) is 6.37. The number of halogens is 1. The molecule has 0 spiro atoms. The minimum Gasteiger partial charge on any atom is -0.395 e. The lowest BCUT2D eigenvalue weighted by Gasteiger charge is -2.06. The van der Waals surface area contributed by atoms with Gasteiger partial charge in [0.05, 0.1) is 11.4 Å². The molecule has 2 rings (SSSR count). The summed E-state index contributed by atoms with van der Waals surface area (Å²) >= 11 is 5.90. The first kappa shape index (κ1) is 14.4. The van der Waals surface area contributed by atoms with E-state index < -0.39 is 0 Å². The maximum atomic E-state index is 12.2. The Morgan fingerprint density at radius 2 is 2.25 bits per heavy atom. The topological polar surface area (TPSA) is 72.9 Å². The van der Waals surface area contributed by atoms with E-state index in [0.29, 0.717) is 29.4 Å². The van der Waals surface area contributed by atoms with Crippen LogP contribution in [0.15, 0.2) is 24.3 Å². The molecular weight excluding hydrogens is 276 g/mol. The van der Waals surface area contributed by atoms with Crippen LogP contribution in [0, 0.1) is 0 Å². The van der Waals surface area contributed by atoms with Crippen LogP contribution < -0.4 is 11.1 Å². The Labute approximate surface area is 122 Å². The summed E-state index contributed by atoms with van der Waals surface area (Å²) in [6, 6.07) is 7.35. The number of rotatable bonds is 4. The van der Waals surface area contributed by atoms with Gasteiger partial charge < -0.3 is 11.1 Å². The zero-order valence-corrected chi connectivity index (χ0v) is 12.2. The average molecular weight is 293 g/mol. The number of hydrogen-bond acceptors (Lipinski definition) is 3. The molecule has 3 N–H and O–H groups in total. The molecule has 0 aliphatic heterocycles. The predicted molar refractivity (Wildman–Crippen MR) is 79.6 cm³/mol. The molecule has 106 valence electrons. The molecule has 6 heteroatoms. The van der Waals surface area contributed by atoms with Crippen molar-refractivity contribution in [1.29, 1.82) is 0 Å². The number of nitrogens with one attached hydrogen (secondary N) is 1. The second-order valence-electron chi connectivity index (χ2n) is 4.50. The van der Waals surface area contributed by atoms with Crippen LogP contribution >= 0.6 is 11.6 Å². The van der Waals surface area contributed by atoms with Crippen LogP contribution in [0.3, 0.4) is 0 Å². The monoisotopic (exact) mass is 292 g/mol. The Bertz CT molecular complexity index is 636. The molecule has 0 atom stereocenters. The number of nitrogens with two attached hydrogens (primary N) is 1. The molecule has 0 aliphatic carbocycles. The molecule has 0 aliphatic rings. The minimum atomic E-state index is -0.239. The molecule has 5 nitrogen and oxygen atoms in total. The Kier molecular flexibility index (Phi) is 4.29. The Hall–Kier alpha value is -2.01. The highest BCUT2D eigenvalue weighted by Crippen LogP contribution is 2.17. The molecule has 0 saturated heterocycles. The second-order valence-corrected chi connectivity index (χ2v) is 4.94. The van der Waals surface area contributed by atoms with Crippen molar-refractivity contribution < 1.29 is 4.79 Å². The molecule has 0 fully saturated rings. The summed E-state index contributed by atoms with van der Waals surface area (Å²) in [6.07, 6.45) is 0.696. The maximum Gasteiger partial charge on any atom is 0.271 e. The third-order valence-electron chi connectivity index (χ3n) is 3.05. The number of nitrogens with zero attached hydrogens (tertiary/aromatic N) is 2. The largest absolute Gasteiger partial charge is 0.395 e. The number of aromatic nitrogens is 2. The highest BCUT2D eigenvalue weighted by atomic mass is 35.5. The van der Waals surface area contributed by atoms with Gasteiger partial charge in [0.2, 0.25) is 0 Å². The van der Waals surface area contributed by atoms with Crippen molar-refractivity contribution in [2.45, 2.75) is 19.9 Å². The number of nitrogen functional groups attached to an aromatic ring is 1. The van der Waals surface area contributed by atoms with Gasteiger partial charge in [0.15, 0.2) is 0 Å². The van der Waals surface area contributed by atoms with Crippen molar-refractivity contribution in [2.24, 2.45) is 7.05 Å². The number of carbonyl (C=O) groups excluding carboxylic acids is 1. The normalized spacial score (nSPS) is 10.6. The van der Waals surface area contributed by atoms with Crippen molar-refractivity contribution in [1.82, 2.24) is 15.1 Å². The van der Waals surface area contributed by atoms with Crippen molar-refractivity contribution in [3.8, 4) is 0 Å². The summed E-state index contributed by atoms with van der Waals surface area (Å²) in [4.78, 5) is 12.2. The average Bonchev–Trinajstić information content (AvgIpc) is 2.71. The van der Waals surface area contributed by atoms with Crippen LogP contribution in [0.1, 0.15) is 28.7 Å². The summed E-state index contributed by atoms with van der Waals surface area (Å²) in [5, 5.41) is 7.70. The third-order valence-corrected chi connectivity index (χ3v) is 3.29. The molecule has 20 heavy (non-hydrogen) atoms. The third kappa shape index (κ3) is 2.93. The highest BCUT2D eigenvalue weighted by Gasteiger charge is 2.18. The summed E-state index contributed by atoms with van der Waals surface area (Å²) in [6.45, 7) is 2.35. The minimum absolute atomic E-state index is 0.239. The van der Waals surface area contributed by atoms with Gasteiger partial charge in [-0.25, -0.2) is 0 Å². The molecule has 2 aromatic rings. The quantitative estimate of drug-likeness (QED) is 0.907. The lowest BCUT2D eigenvalue weighted by atomic mass is 10.2. The van der Waals surface area contributed by atoms with Gasteiger partial charge in [-0.3, -0.25) is 9.48 Å². The number of benzene rings is 1. The van der Waals surface area contributed by atoms with Gasteiger partial charge in [0.1, 0.15) is 5.69 Å². The van der Waals surface area contributed by atoms with Crippen molar-refractivity contribution in [2.75, 3.05) is 5.73 Å². The standard InChI is InChI=1S/C14H17ClN4O/c1-3-11-12(16)13(19(2)18-11)14(20)17-8-9-5-4-6-10(15)7-9/h4-7H,3,8,16H2,1-2H3,(H,17,20). The molecule has 1 aromatic carbocycles. The van der Waals surface area contributed by atoms with Gasteiger partial charge in [-0.15, -0.1) is 0 Å². The zero-order chi connectivity index (χ0) is 14.7.